The third-order valence-electron chi connectivity index (χ3n) is 5.50. The Labute approximate surface area is 159 Å². The number of aryl methyl sites for hydroxylation is 1. The summed E-state index contributed by atoms with van der Waals surface area (Å²) in [6, 6.07) is 6.50. The van der Waals surface area contributed by atoms with Gasteiger partial charge in [-0.2, -0.15) is 4.31 Å². The molecular weight excluding hydrogens is 366 g/mol. The highest BCUT2D eigenvalue weighted by atomic mass is 32.2. The molecule has 0 bridgehead atoms. The van der Waals surface area contributed by atoms with Gasteiger partial charge in [0.15, 0.2) is 8.32 Å². The molecule has 0 saturated carbocycles. The molecule has 0 aromatic heterocycles. The van der Waals surface area contributed by atoms with Gasteiger partial charge < -0.3 is 9.16 Å². The van der Waals surface area contributed by atoms with Crippen molar-refractivity contribution >= 4 is 18.3 Å². The number of morpholine rings is 1. The minimum atomic E-state index is -3.59. The third-order valence-corrected chi connectivity index (χ3v) is 12.1. The lowest BCUT2D eigenvalue weighted by Crippen LogP contribution is -2.56. The first kappa shape index (κ1) is 21.6. The Morgan fingerprint density at radius 2 is 1.77 bits per heavy atom. The minimum absolute atomic E-state index is 0.0782. The quantitative estimate of drug-likeness (QED) is 0.707. The fourth-order valence-electron chi connectivity index (χ4n) is 2.79. The fraction of sp³-hybridized carbons (Fsp3) is 0.684. The third kappa shape index (κ3) is 4.57. The Hall–Kier alpha value is -0.733. The molecule has 0 amide bonds. The van der Waals surface area contributed by atoms with E-state index >= 15 is 0 Å². The van der Waals surface area contributed by atoms with Crippen molar-refractivity contribution in [2.75, 3.05) is 19.8 Å². The van der Waals surface area contributed by atoms with Gasteiger partial charge in [-0.1, -0.05) is 38.5 Å². The summed E-state index contributed by atoms with van der Waals surface area (Å²) in [5.74, 6) is 0. The lowest BCUT2D eigenvalue weighted by molar-refractivity contribution is -0.0164. The van der Waals surface area contributed by atoms with Gasteiger partial charge in [0.25, 0.3) is 0 Å². The van der Waals surface area contributed by atoms with Crippen LogP contribution in [0.3, 0.4) is 0 Å². The number of benzene rings is 1. The summed E-state index contributed by atoms with van der Waals surface area (Å²) in [7, 11) is -5.55. The molecule has 1 saturated heterocycles. The summed E-state index contributed by atoms with van der Waals surface area (Å²) in [4.78, 5) is 0.328. The molecule has 2 rings (SSSR count). The number of ether oxygens (including phenoxy) is 1. The Balaban J connectivity index is 2.26. The van der Waals surface area contributed by atoms with Gasteiger partial charge in [0.2, 0.25) is 10.0 Å². The molecular formula is C19H33NO4SSi. The molecule has 0 unspecified atom stereocenters. The van der Waals surface area contributed by atoms with Crippen LogP contribution in [-0.2, 0) is 19.2 Å². The zero-order valence-electron chi connectivity index (χ0n) is 17.1. The Kier molecular flexibility index (Phi) is 6.40. The van der Waals surface area contributed by atoms with Crippen LogP contribution in [0.15, 0.2) is 29.2 Å². The van der Waals surface area contributed by atoms with Crippen molar-refractivity contribution < 1.29 is 17.6 Å². The maximum Gasteiger partial charge on any atom is 0.243 e. The van der Waals surface area contributed by atoms with E-state index in [2.05, 4.69) is 33.9 Å². The smallest absolute Gasteiger partial charge is 0.243 e. The van der Waals surface area contributed by atoms with Crippen molar-refractivity contribution in [3.05, 3.63) is 29.8 Å². The predicted octanol–water partition coefficient (Wildman–Crippen LogP) is 3.79. The highest BCUT2D eigenvalue weighted by Crippen LogP contribution is 2.37. The molecule has 2 atom stereocenters. The first-order valence-electron chi connectivity index (χ1n) is 9.18. The van der Waals surface area contributed by atoms with E-state index in [9.17, 15) is 8.42 Å². The van der Waals surface area contributed by atoms with E-state index in [1.165, 1.54) is 0 Å². The molecule has 0 aliphatic carbocycles. The van der Waals surface area contributed by atoms with Crippen LogP contribution in [0, 0.1) is 6.92 Å². The van der Waals surface area contributed by atoms with Gasteiger partial charge in [-0.05, 0) is 44.1 Å². The largest absolute Gasteiger partial charge is 0.415 e. The van der Waals surface area contributed by atoms with Crippen LogP contribution < -0.4 is 0 Å². The van der Waals surface area contributed by atoms with Crippen molar-refractivity contribution in [1.29, 1.82) is 0 Å². The summed E-state index contributed by atoms with van der Waals surface area (Å²) in [6.45, 7) is 15.9. The second-order valence-corrected chi connectivity index (χ2v) is 15.4. The van der Waals surface area contributed by atoms with E-state index < -0.39 is 18.3 Å². The van der Waals surface area contributed by atoms with Crippen LogP contribution in [0.1, 0.15) is 33.3 Å². The molecule has 0 N–H and O–H groups in total. The maximum absolute atomic E-state index is 13.3. The molecule has 1 aromatic carbocycles. The van der Waals surface area contributed by atoms with Crippen LogP contribution in [0.4, 0.5) is 0 Å². The van der Waals surface area contributed by atoms with Crippen LogP contribution in [0.2, 0.25) is 18.1 Å². The molecule has 7 heteroatoms. The number of rotatable bonds is 5. The highest BCUT2D eigenvalue weighted by molar-refractivity contribution is 7.89. The zero-order valence-corrected chi connectivity index (χ0v) is 18.9. The lowest BCUT2D eigenvalue weighted by Gasteiger charge is -2.42. The van der Waals surface area contributed by atoms with E-state index in [1.807, 2.05) is 26.0 Å². The highest BCUT2D eigenvalue weighted by Gasteiger charge is 2.42. The van der Waals surface area contributed by atoms with Crippen molar-refractivity contribution in [1.82, 2.24) is 4.31 Å². The molecule has 5 nitrogen and oxygen atoms in total. The van der Waals surface area contributed by atoms with Gasteiger partial charge >= 0.3 is 0 Å². The summed E-state index contributed by atoms with van der Waals surface area (Å²) in [6.07, 6.45) is 0. The second kappa shape index (κ2) is 7.71. The zero-order chi connectivity index (χ0) is 19.8. The number of nitrogens with zero attached hydrogens (tertiary/aromatic N) is 1. The molecule has 148 valence electrons. The minimum Gasteiger partial charge on any atom is -0.415 e. The van der Waals surface area contributed by atoms with E-state index in [4.69, 9.17) is 9.16 Å². The van der Waals surface area contributed by atoms with Crippen LogP contribution in [0.5, 0.6) is 0 Å². The number of hydrogen-bond donors (Lipinski definition) is 0. The topological polar surface area (TPSA) is 55.8 Å². The van der Waals surface area contributed by atoms with E-state index in [-0.39, 0.29) is 17.1 Å². The summed E-state index contributed by atoms with van der Waals surface area (Å²) in [5, 5.41) is 0.0782. The molecule has 26 heavy (non-hydrogen) atoms. The molecule has 0 radical (unpaired) electrons. The Morgan fingerprint density at radius 3 is 2.31 bits per heavy atom. The summed E-state index contributed by atoms with van der Waals surface area (Å²) in [5.41, 5.74) is 1.04. The number of hydrogen-bond acceptors (Lipinski definition) is 4. The van der Waals surface area contributed by atoms with Crippen molar-refractivity contribution in [3.8, 4) is 0 Å². The van der Waals surface area contributed by atoms with Crippen LogP contribution in [-0.4, -0.2) is 52.9 Å². The van der Waals surface area contributed by atoms with Crippen molar-refractivity contribution in [2.24, 2.45) is 0 Å². The SMILES string of the molecule is Cc1ccc(S(=O)(=O)N2[C@H](CO[Si](C)(C)C(C)(C)C)COC[C@@H]2C)cc1. The average molecular weight is 400 g/mol. The van der Waals surface area contributed by atoms with Gasteiger partial charge in [0.05, 0.1) is 30.8 Å². The maximum atomic E-state index is 13.3. The van der Waals surface area contributed by atoms with E-state index in [0.717, 1.165) is 5.56 Å². The van der Waals surface area contributed by atoms with Gasteiger partial charge in [-0.15, -0.1) is 0 Å². The first-order chi connectivity index (χ1) is 11.9. The van der Waals surface area contributed by atoms with Crippen LogP contribution in [0.25, 0.3) is 0 Å². The first-order valence-corrected chi connectivity index (χ1v) is 13.5. The van der Waals surface area contributed by atoms with Crippen molar-refractivity contribution in [2.45, 2.75) is 69.7 Å². The fourth-order valence-corrected chi connectivity index (χ4v) is 5.60. The molecule has 1 aliphatic rings. The van der Waals surface area contributed by atoms with Crippen LogP contribution >= 0.6 is 0 Å². The average Bonchev–Trinajstić information content (AvgIpc) is 2.52. The van der Waals surface area contributed by atoms with E-state index in [1.54, 1.807) is 16.4 Å². The summed E-state index contributed by atoms with van der Waals surface area (Å²) >= 11 is 0. The molecule has 1 aliphatic heterocycles. The second-order valence-electron chi connectivity index (χ2n) is 8.76. The Morgan fingerprint density at radius 1 is 1.19 bits per heavy atom. The van der Waals surface area contributed by atoms with E-state index in [0.29, 0.717) is 24.7 Å². The molecule has 0 spiro atoms. The summed E-state index contributed by atoms with van der Waals surface area (Å²) < 4.78 is 40.1. The van der Waals surface area contributed by atoms with Crippen molar-refractivity contribution in [3.63, 3.8) is 0 Å². The number of sulfonamides is 1. The Bertz CT molecular complexity index is 710. The van der Waals surface area contributed by atoms with Gasteiger partial charge in [0.1, 0.15) is 0 Å². The van der Waals surface area contributed by atoms with Gasteiger partial charge in [0, 0.05) is 6.04 Å². The molecule has 1 aromatic rings. The van der Waals surface area contributed by atoms with Gasteiger partial charge in [-0.3, -0.25) is 0 Å². The normalized spacial score (nSPS) is 23.2. The molecule has 1 fully saturated rings. The molecule has 1 heterocycles. The monoisotopic (exact) mass is 399 g/mol. The standard InChI is InChI=1S/C19H33NO4SSi/c1-15-8-10-18(11-9-15)25(21,22)20-16(2)12-23-13-17(20)14-24-26(6,7)19(3,4)5/h8-11,16-17H,12-14H2,1-7H3/t16-,17-/m0/s1. The lowest BCUT2D eigenvalue weighted by atomic mass is 10.2. The van der Waals surface area contributed by atoms with Gasteiger partial charge in [-0.25, -0.2) is 8.42 Å². The predicted molar refractivity (Wildman–Crippen MR) is 107 cm³/mol.